The highest BCUT2D eigenvalue weighted by atomic mass is 35.5. The lowest BCUT2D eigenvalue weighted by Crippen LogP contribution is -2.44. The number of para-hydroxylation sites is 1. The third-order valence-electron chi connectivity index (χ3n) is 4.72. The minimum absolute atomic E-state index is 0.0957. The number of sulfonamides is 1. The van der Waals surface area contributed by atoms with Gasteiger partial charge in [0.25, 0.3) is 0 Å². The van der Waals surface area contributed by atoms with Crippen LogP contribution in [0, 0.1) is 0 Å². The first-order valence-corrected chi connectivity index (χ1v) is 10.8. The maximum Gasteiger partial charge on any atom is 0.412 e. The molecule has 0 radical (unpaired) electrons. The molecule has 1 amide bonds. The molecular formula is C19H19ClN2O6S. The maximum atomic E-state index is 12.6. The summed E-state index contributed by atoms with van der Waals surface area (Å²) in [6.45, 7) is 0.235. The van der Waals surface area contributed by atoms with Crippen LogP contribution in [0.4, 0.5) is 10.5 Å². The van der Waals surface area contributed by atoms with Gasteiger partial charge in [0.2, 0.25) is 10.0 Å². The van der Waals surface area contributed by atoms with E-state index in [1.807, 2.05) is 6.07 Å². The largest absolute Gasteiger partial charge is 0.441 e. The highest BCUT2D eigenvalue weighted by Crippen LogP contribution is 2.30. The van der Waals surface area contributed by atoms with E-state index in [0.29, 0.717) is 10.7 Å². The van der Waals surface area contributed by atoms with Crippen LogP contribution in [0.5, 0.6) is 0 Å². The van der Waals surface area contributed by atoms with Gasteiger partial charge in [-0.2, -0.15) is 0 Å². The molecule has 0 spiro atoms. The number of nitrogens with one attached hydrogen (secondary N) is 2. The lowest BCUT2D eigenvalue weighted by Gasteiger charge is -2.18. The van der Waals surface area contributed by atoms with E-state index >= 15 is 0 Å². The smallest absolute Gasteiger partial charge is 0.412 e. The molecule has 0 bridgehead atoms. The summed E-state index contributed by atoms with van der Waals surface area (Å²) < 4.78 is 44.5. The number of amides is 1. The summed E-state index contributed by atoms with van der Waals surface area (Å²) >= 11 is 5.81. The van der Waals surface area contributed by atoms with Crippen molar-refractivity contribution in [1.29, 1.82) is 0 Å². The van der Waals surface area contributed by atoms with Gasteiger partial charge in [-0.05, 0) is 36.4 Å². The van der Waals surface area contributed by atoms with Gasteiger partial charge in [0.1, 0.15) is 12.2 Å². The molecule has 2 N–H and O–H groups in total. The van der Waals surface area contributed by atoms with Crippen molar-refractivity contribution in [3.8, 4) is 0 Å². The Kier molecular flexibility index (Phi) is 5.75. The first kappa shape index (κ1) is 20.1. The molecule has 2 aromatic rings. The average Bonchev–Trinajstić information content (AvgIpc) is 3.26. The number of ether oxygens (including phenoxy) is 3. The van der Waals surface area contributed by atoms with Crippen LogP contribution in [0.2, 0.25) is 5.02 Å². The number of carbonyl (C=O) groups is 1. The zero-order valence-corrected chi connectivity index (χ0v) is 16.7. The zero-order chi connectivity index (χ0) is 20.4. The molecule has 2 heterocycles. The van der Waals surface area contributed by atoms with Crippen LogP contribution in [0.25, 0.3) is 0 Å². The van der Waals surface area contributed by atoms with Crippen LogP contribution in [0.1, 0.15) is 0 Å². The standard InChI is InChI=1S/C19H19ClN2O6S/c20-12-6-8-14(9-7-12)29(24,25)22-15-10-26-18-16(11-27-17(15)18)28-19(23)21-13-4-2-1-3-5-13/h1-9,15-18,22H,10-11H2,(H,21,23). The molecule has 2 saturated heterocycles. The monoisotopic (exact) mass is 438 g/mol. The van der Waals surface area contributed by atoms with Crippen LogP contribution in [-0.4, -0.2) is 52.1 Å². The number of carbonyl (C=O) groups excluding carboxylic acids is 1. The van der Waals surface area contributed by atoms with Crippen molar-refractivity contribution in [3.05, 3.63) is 59.6 Å². The van der Waals surface area contributed by atoms with Crippen molar-refractivity contribution >= 4 is 33.4 Å². The van der Waals surface area contributed by atoms with E-state index in [0.717, 1.165) is 0 Å². The average molecular weight is 439 g/mol. The van der Waals surface area contributed by atoms with E-state index in [-0.39, 0.29) is 18.1 Å². The number of hydrogen-bond donors (Lipinski definition) is 2. The van der Waals surface area contributed by atoms with Crippen LogP contribution in [0.15, 0.2) is 59.5 Å². The van der Waals surface area contributed by atoms with E-state index in [1.54, 1.807) is 24.3 Å². The van der Waals surface area contributed by atoms with E-state index < -0.39 is 40.5 Å². The lowest BCUT2D eigenvalue weighted by molar-refractivity contribution is 0.00883. The Labute approximate surface area is 173 Å². The van der Waals surface area contributed by atoms with Gasteiger partial charge in [-0.15, -0.1) is 0 Å². The third-order valence-corrected chi connectivity index (χ3v) is 6.47. The summed E-state index contributed by atoms with van der Waals surface area (Å²) in [6.07, 6.45) is -2.35. The van der Waals surface area contributed by atoms with Crippen molar-refractivity contribution in [2.24, 2.45) is 0 Å². The second-order valence-corrected chi connectivity index (χ2v) is 8.86. The number of rotatable bonds is 5. The Balaban J connectivity index is 1.36. The summed E-state index contributed by atoms with van der Waals surface area (Å²) in [5, 5.41) is 3.08. The van der Waals surface area contributed by atoms with Gasteiger partial charge in [-0.25, -0.2) is 17.9 Å². The van der Waals surface area contributed by atoms with Crippen molar-refractivity contribution in [3.63, 3.8) is 0 Å². The Morgan fingerprint density at radius 1 is 1.00 bits per heavy atom. The van der Waals surface area contributed by atoms with Crippen molar-refractivity contribution < 1.29 is 27.4 Å². The Hall–Kier alpha value is -2.17. The fourth-order valence-electron chi connectivity index (χ4n) is 3.35. The molecule has 29 heavy (non-hydrogen) atoms. The third kappa shape index (κ3) is 4.54. The SMILES string of the molecule is O=C(Nc1ccccc1)OC1COC2C(NS(=O)(=O)c3ccc(Cl)cc3)COC12. The normalized spacial score (nSPS) is 26.1. The number of fused-ring (bicyclic) bond motifs is 1. The maximum absolute atomic E-state index is 12.6. The fraction of sp³-hybridized carbons (Fsp3) is 0.316. The molecule has 2 aliphatic rings. The van der Waals surface area contributed by atoms with Gasteiger partial charge in [-0.1, -0.05) is 29.8 Å². The molecule has 2 fully saturated rings. The summed E-state index contributed by atoms with van der Waals surface area (Å²) in [5.74, 6) is 0. The molecule has 8 nitrogen and oxygen atoms in total. The Bertz CT molecular complexity index is 970. The van der Waals surface area contributed by atoms with Crippen molar-refractivity contribution in [2.45, 2.75) is 29.2 Å². The highest BCUT2D eigenvalue weighted by molar-refractivity contribution is 7.89. The molecule has 4 unspecified atom stereocenters. The molecular weight excluding hydrogens is 420 g/mol. The molecule has 0 aliphatic carbocycles. The summed E-state index contributed by atoms with van der Waals surface area (Å²) in [6, 6.07) is 14.2. The molecule has 154 valence electrons. The number of anilines is 1. The van der Waals surface area contributed by atoms with Gasteiger partial charge < -0.3 is 14.2 Å². The number of benzene rings is 2. The number of hydrogen-bond acceptors (Lipinski definition) is 6. The van der Waals surface area contributed by atoms with Gasteiger partial charge in [0, 0.05) is 10.7 Å². The number of halogens is 1. The Morgan fingerprint density at radius 2 is 1.69 bits per heavy atom. The quantitative estimate of drug-likeness (QED) is 0.743. The van der Waals surface area contributed by atoms with Gasteiger partial charge in [-0.3, -0.25) is 5.32 Å². The predicted octanol–water partition coefficient (Wildman–Crippen LogP) is 2.40. The zero-order valence-electron chi connectivity index (χ0n) is 15.2. The predicted molar refractivity (Wildman–Crippen MR) is 105 cm³/mol. The van der Waals surface area contributed by atoms with E-state index in [1.165, 1.54) is 24.3 Å². The fourth-order valence-corrected chi connectivity index (χ4v) is 4.71. The molecule has 4 rings (SSSR count). The topological polar surface area (TPSA) is 103 Å². The molecule has 0 aromatic heterocycles. The molecule has 10 heteroatoms. The summed E-state index contributed by atoms with van der Waals surface area (Å²) in [5.41, 5.74) is 0.605. The van der Waals surface area contributed by atoms with E-state index in [4.69, 9.17) is 25.8 Å². The highest BCUT2D eigenvalue weighted by Gasteiger charge is 2.50. The van der Waals surface area contributed by atoms with Gasteiger partial charge in [0.15, 0.2) is 6.10 Å². The van der Waals surface area contributed by atoms with Crippen molar-refractivity contribution in [1.82, 2.24) is 4.72 Å². The van der Waals surface area contributed by atoms with Crippen LogP contribution < -0.4 is 10.0 Å². The molecule has 2 aliphatic heterocycles. The molecule has 4 atom stereocenters. The summed E-state index contributed by atoms with van der Waals surface area (Å²) in [7, 11) is -3.77. The van der Waals surface area contributed by atoms with Gasteiger partial charge >= 0.3 is 6.09 Å². The first-order valence-electron chi connectivity index (χ1n) is 8.96. The first-order chi connectivity index (χ1) is 13.9. The van der Waals surface area contributed by atoms with E-state index in [9.17, 15) is 13.2 Å². The molecule has 0 saturated carbocycles. The second-order valence-electron chi connectivity index (χ2n) is 6.71. The lowest BCUT2D eigenvalue weighted by atomic mass is 10.1. The van der Waals surface area contributed by atoms with Crippen LogP contribution in [-0.2, 0) is 24.2 Å². The minimum atomic E-state index is -3.77. The van der Waals surface area contributed by atoms with Crippen LogP contribution in [0.3, 0.4) is 0 Å². The van der Waals surface area contributed by atoms with Crippen molar-refractivity contribution in [2.75, 3.05) is 18.5 Å². The second kappa shape index (κ2) is 8.29. The van der Waals surface area contributed by atoms with E-state index in [2.05, 4.69) is 10.0 Å². The van der Waals surface area contributed by atoms with Crippen LogP contribution >= 0.6 is 11.6 Å². The van der Waals surface area contributed by atoms with Gasteiger partial charge in [0.05, 0.1) is 24.2 Å². The molecule has 2 aromatic carbocycles. The summed E-state index contributed by atoms with van der Waals surface area (Å²) in [4.78, 5) is 12.2. The Morgan fingerprint density at radius 3 is 2.41 bits per heavy atom. The minimum Gasteiger partial charge on any atom is -0.441 e.